The fourth-order valence-corrected chi connectivity index (χ4v) is 4.20. The Hall–Kier alpha value is -2.16. The minimum Gasteiger partial charge on any atom is -0.265 e. The zero-order valence-electron chi connectivity index (χ0n) is 13.2. The molecule has 0 spiro atoms. The van der Waals surface area contributed by atoms with E-state index >= 15 is 0 Å². The van der Waals surface area contributed by atoms with E-state index in [0.29, 0.717) is 12.0 Å². The van der Waals surface area contributed by atoms with Gasteiger partial charge in [-0.2, -0.15) is 0 Å². The first-order valence-electron chi connectivity index (χ1n) is 7.58. The van der Waals surface area contributed by atoms with Crippen molar-refractivity contribution < 1.29 is 12.8 Å². The van der Waals surface area contributed by atoms with E-state index in [0.717, 1.165) is 16.3 Å². The first-order valence-corrected chi connectivity index (χ1v) is 10.1. The van der Waals surface area contributed by atoms with Crippen molar-refractivity contribution in [3.63, 3.8) is 0 Å². The van der Waals surface area contributed by atoms with Crippen LogP contribution in [-0.2, 0) is 22.2 Å². The van der Waals surface area contributed by atoms with E-state index in [9.17, 15) is 12.8 Å². The summed E-state index contributed by atoms with van der Waals surface area (Å²) in [5.74, 6) is -0.559. The average Bonchev–Trinajstić information content (AvgIpc) is 3.06. The van der Waals surface area contributed by atoms with Gasteiger partial charge in [0.1, 0.15) is 5.82 Å². The maximum absolute atomic E-state index is 12.9. The monoisotopic (exact) mass is 377 g/mol. The maximum atomic E-state index is 12.9. The van der Waals surface area contributed by atoms with Crippen molar-refractivity contribution in [3.05, 3.63) is 70.6 Å². The van der Waals surface area contributed by atoms with Crippen LogP contribution in [0.2, 0.25) is 0 Å². The Kier molecular flexibility index (Phi) is 5.52. The summed E-state index contributed by atoms with van der Waals surface area (Å²) < 4.78 is 39.6. The van der Waals surface area contributed by atoms with Crippen LogP contribution < -0.4 is 4.72 Å². The van der Waals surface area contributed by atoms with Gasteiger partial charge in [-0.1, -0.05) is 12.1 Å². The summed E-state index contributed by atoms with van der Waals surface area (Å²) in [7, 11) is -3.47. The highest BCUT2D eigenvalue weighted by atomic mass is 32.2. The largest absolute Gasteiger partial charge is 0.265 e. The van der Waals surface area contributed by atoms with Gasteiger partial charge < -0.3 is 0 Å². The molecule has 0 saturated carbocycles. The van der Waals surface area contributed by atoms with Crippen LogP contribution in [0.1, 0.15) is 10.6 Å². The highest BCUT2D eigenvalue weighted by molar-refractivity contribution is 7.88. The molecule has 0 aliphatic rings. The van der Waals surface area contributed by atoms with Crippen LogP contribution >= 0.6 is 11.3 Å². The molecule has 5 nitrogen and oxygen atoms in total. The highest BCUT2D eigenvalue weighted by Crippen LogP contribution is 2.21. The molecule has 0 amide bonds. The molecule has 8 heteroatoms. The van der Waals surface area contributed by atoms with E-state index in [-0.39, 0.29) is 18.1 Å². The van der Waals surface area contributed by atoms with Gasteiger partial charge in [0.2, 0.25) is 10.0 Å². The minimum absolute atomic E-state index is 0.173. The third-order valence-electron chi connectivity index (χ3n) is 3.46. The Bertz CT molecular complexity index is 926. The number of thiazole rings is 1. The Morgan fingerprint density at radius 2 is 1.80 bits per heavy atom. The van der Waals surface area contributed by atoms with Crippen molar-refractivity contribution in [2.24, 2.45) is 0 Å². The summed E-state index contributed by atoms with van der Waals surface area (Å²) in [5, 5.41) is 2.80. The minimum atomic E-state index is -3.47. The van der Waals surface area contributed by atoms with E-state index in [1.54, 1.807) is 12.4 Å². The molecule has 0 saturated heterocycles. The van der Waals surface area contributed by atoms with Gasteiger partial charge in [0.15, 0.2) is 0 Å². The molecule has 2 heterocycles. The maximum Gasteiger partial charge on any atom is 0.215 e. The average molecular weight is 377 g/mol. The topological polar surface area (TPSA) is 72.0 Å². The van der Waals surface area contributed by atoms with Crippen LogP contribution in [0.4, 0.5) is 4.39 Å². The van der Waals surface area contributed by atoms with E-state index < -0.39 is 10.0 Å². The molecule has 0 bridgehead atoms. The highest BCUT2D eigenvalue weighted by Gasteiger charge is 2.12. The molecule has 1 aromatic carbocycles. The Balaban J connectivity index is 1.54. The van der Waals surface area contributed by atoms with Crippen molar-refractivity contribution in [1.29, 1.82) is 0 Å². The van der Waals surface area contributed by atoms with Gasteiger partial charge in [-0.05, 0) is 29.8 Å². The van der Waals surface area contributed by atoms with Crippen LogP contribution in [0.25, 0.3) is 11.3 Å². The van der Waals surface area contributed by atoms with Crippen LogP contribution in [-0.4, -0.2) is 24.9 Å². The second-order valence-corrected chi connectivity index (χ2v) is 8.14. The number of sulfonamides is 1. The third kappa shape index (κ3) is 5.15. The molecule has 1 N–H and O–H groups in total. The van der Waals surface area contributed by atoms with Crippen molar-refractivity contribution in [1.82, 2.24) is 14.7 Å². The van der Waals surface area contributed by atoms with Gasteiger partial charge in [0.25, 0.3) is 0 Å². The van der Waals surface area contributed by atoms with Crippen LogP contribution in [0, 0.1) is 5.82 Å². The number of aromatic nitrogens is 2. The first-order chi connectivity index (χ1) is 12.0. The molecule has 3 rings (SSSR count). The normalized spacial score (nSPS) is 11.6. The molecular formula is C17H16FN3O2S2. The quantitative estimate of drug-likeness (QED) is 0.687. The Morgan fingerprint density at radius 1 is 1.08 bits per heavy atom. The number of benzene rings is 1. The number of rotatable bonds is 7. The summed E-state index contributed by atoms with van der Waals surface area (Å²) in [4.78, 5) is 8.48. The molecule has 0 atom stereocenters. The number of nitrogens with zero attached hydrogens (tertiary/aromatic N) is 2. The fourth-order valence-electron chi connectivity index (χ4n) is 2.25. The zero-order chi connectivity index (χ0) is 17.7. The molecule has 130 valence electrons. The van der Waals surface area contributed by atoms with Crippen LogP contribution in [0.15, 0.2) is 54.2 Å². The van der Waals surface area contributed by atoms with Gasteiger partial charge in [-0.15, -0.1) is 11.3 Å². The lowest BCUT2D eigenvalue weighted by atomic mass is 10.2. The lowest BCUT2D eigenvalue weighted by Gasteiger charge is -2.06. The summed E-state index contributed by atoms with van der Waals surface area (Å²) in [6.07, 6.45) is 3.92. The number of hydrogen-bond acceptors (Lipinski definition) is 5. The summed E-state index contributed by atoms with van der Waals surface area (Å²) in [6, 6.07) is 9.20. The molecule has 0 aliphatic carbocycles. The van der Waals surface area contributed by atoms with Crippen molar-refractivity contribution in [3.8, 4) is 11.3 Å². The number of hydrogen-bond donors (Lipinski definition) is 1. The van der Waals surface area contributed by atoms with Gasteiger partial charge in [0, 0.05) is 36.3 Å². The van der Waals surface area contributed by atoms with E-state index in [1.807, 2.05) is 17.5 Å². The number of halogens is 1. The molecule has 2 aromatic heterocycles. The second kappa shape index (κ2) is 7.81. The zero-order valence-corrected chi connectivity index (χ0v) is 14.9. The summed E-state index contributed by atoms with van der Waals surface area (Å²) in [5.41, 5.74) is 2.38. The van der Waals surface area contributed by atoms with Gasteiger partial charge in [-0.3, -0.25) is 4.98 Å². The molecule has 25 heavy (non-hydrogen) atoms. The predicted molar refractivity (Wildman–Crippen MR) is 96.1 cm³/mol. The second-order valence-electron chi connectivity index (χ2n) is 5.39. The molecular weight excluding hydrogens is 361 g/mol. The molecule has 0 aliphatic heterocycles. The molecule has 0 unspecified atom stereocenters. The SMILES string of the molecule is O=S(=O)(Cc1ccc(F)cc1)NCCc1nc(-c2ccncc2)cs1. The number of pyridine rings is 1. The fraction of sp³-hybridized carbons (Fsp3) is 0.176. The summed E-state index contributed by atoms with van der Waals surface area (Å²) in [6.45, 7) is 0.271. The first kappa shape index (κ1) is 17.7. The van der Waals surface area contributed by atoms with Crippen molar-refractivity contribution in [2.45, 2.75) is 12.2 Å². The molecule has 0 fully saturated rings. The molecule has 0 radical (unpaired) electrons. The van der Waals surface area contributed by atoms with Gasteiger partial charge in [-0.25, -0.2) is 22.5 Å². The van der Waals surface area contributed by atoms with E-state index in [2.05, 4.69) is 14.7 Å². The lowest BCUT2D eigenvalue weighted by Crippen LogP contribution is -2.27. The Morgan fingerprint density at radius 3 is 2.52 bits per heavy atom. The van der Waals surface area contributed by atoms with Crippen molar-refractivity contribution >= 4 is 21.4 Å². The van der Waals surface area contributed by atoms with E-state index in [4.69, 9.17) is 0 Å². The van der Waals surface area contributed by atoms with E-state index in [1.165, 1.54) is 35.6 Å². The van der Waals surface area contributed by atoms with Crippen molar-refractivity contribution in [2.75, 3.05) is 6.54 Å². The van der Waals surface area contributed by atoms with Gasteiger partial charge in [0.05, 0.1) is 16.5 Å². The van der Waals surface area contributed by atoms with Crippen LogP contribution in [0.5, 0.6) is 0 Å². The predicted octanol–water partition coefficient (Wildman–Crippen LogP) is 3.01. The third-order valence-corrected chi connectivity index (χ3v) is 5.72. The van der Waals surface area contributed by atoms with Crippen LogP contribution in [0.3, 0.4) is 0 Å². The smallest absolute Gasteiger partial charge is 0.215 e. The molecule has 3 aromatic rings. The lowest BCUT2D eigenvalue weighted by molar-refractivity contribution is 0.580. The Labute approximate surface area is 149 Å². The summed E-state index contributed by atoms with van der Waals surface area (Å²) >= 11 is 1.49. The van der Waals surface area contributed by atoms with Gasteiger partial charge >= 0.3 is 0 Å². The standard InChI is InChI=1S/C17H16FN3O2S2/c18-15-3-1-13(2-4-15)12-25(22,23)20-10-7-17-21-16(11-24-17)14-5-8-19-9-6-14/h1-6,8-9,11,20H,7,10,12H2. The number of nitrogens with one attached hydrogen (secondary N) is 1.